The maximum atomic E-state index is 14.4. The maximum absolute atomic E-state index is 14.4. The van der Waals surface area contributed by atoms with Gasteiger partial charge in [-0.15, -0.1) is 0 Å². The van der Waals surface area contributed by atoms with Gasteiger partial charge in [-0.2, -0.15) is 0 Å². The molecular formula is C38H46ClN5O10S. The average Bonchev–Trinajstić information content (AvgIpc) is 3.40. The number of fused-ring (bicyclic) bond motifs is 3. The highest BCUT2D eigenvalue weighted by Gasteiger charge is 2.62. The molecule has 55 heavy (non-hydrogen) atoms. The Balaban J connectivity index is 1.27. The topological polar surface area (TPSA) is 190 Å². The second-order valence-corrected chi connectivity index (χ2v) is 17.3. The second-order valence-electron chi connectivity index (χ2n) is 15.3. The van der Waals surface area contributed by atoms with Gasteiger partial charge in [0.1, 0.15) is 29.3 Å². The Kier molecular flexibility index (Phi) is 11.5. The zero-order chi connectivity index (χ0) is 39.7. The summed E-state index contributed by atoms with van der Waals surface area (Å²) in [6.45, 7) is 7.23. The van der Waals surface area contributed by atoms with E-state index < -0.39 is 75.2 Å². The minimum Gasteiger partial charge on any atom is -0.444 e. The summed E-state index contributed by atoms with van der Waals surface area (Å²) in [5.41, 5.74) is -0.434. The third-order valence-corrected chi connectivity index (χ3v) is 11.9. The molecule has 2 aromatic carbocycles. The monoisotopic (exact) mass is 799 g/mol. The van der Waals surface area contributed by atoms with Gasteiger partial charge in [0.05, 0.1) is 24.6 Å². The molecule has 17 heteroatoms. The van der Waals surface area contributed by atoms with Crippen molar-refractivity contribution in [3.63, 3.8) is 0 Å². The van der Waals surface area contributed by atoms with Crippen molar-refractivity contribution >= 4 is 51.5 Å². The number of sulfonamides is 1. The summed E-state index contributed by atoms with van der Waals surface area (Å²) in [6.07, 6.45) is 1.45. The molecule has 3 N–H and O–H groups in total. The van der Waals surface area contributed by atoms with Crippen molar-refractivity contribution in [2.24, 2.45) is 5.92 Å². The maximum Gasteiger partial charge on any atom is 0.410 e. The van der Waals surface area contributed by atoms with Crippen LogP contribution in [0.2, 0.25) is 5.02 Å². The Bertz CT molecular complexity index is 2000. The highest BCUT2D eigenvalue weighted by molar-refractivity contribution is 7.90. The van der Waals surface area contributed by atoms with Gasteiger partial charge in [-0.1, -0.05) is 54.1 Å². The predicted octanol–water partition coefficient (Wildman–Crippen LogP) is 3.71. The molecule has 0 aromatic heterocycles. The zero-order valence-electron chi connectivity index (χ0n) is 31.1. The van der Waals surface area contributed by atoms with E-state index in [-0.39, 0.29) is 57.0 Å². The van der Waals surface area contributed by atoms with Crippen molar-refractivity contribution < 1.29 is 46.6 Å². The number of alkyl carbamates (subject to hydrolysis) is 1. The molecule has 0 spiro atoms. The molecule has 4 aliphatic rings. The van der Waals surface area contributed by atoms with Crippen LogP contribution in [0, 0.1) is 12.8 Å². The number of halogens is 1. The minimum absolute atomic E-state index is 0.0373. The number of ether oxygens (including phenoxy) is 3. The van der Waals surface area contributed by atoms with Crippen molar-refractivity contribution in [1.29, 1.82) is 0 Å². The van der Waals surface area contributed by atoms with Crippen molar-refractivity contribution in [3.8, 4) is 0 Å². The van der Waals surface area contributed by atoms with E-state index in [4.69, 9.17) is 25.8 Å². The highest BCUT2D eigenvalue weighted by atomic mass is 35.5. The number of aryl methyl sites for hydroxylation is 1. The van der Waals surface area contributed by atoms with Crippen molar-refractivity contribution in [2.45, 2.75) is 101 Å². The van der Waals surface area contributed by atoms with Gasteiger partial charge in [-0.05, 0) is 69.4 Å². The lowest BCUT2D eigenvalue weighted by Gasteiger charge is -2.30. The molecule has 296 valence electrons. The number of carbonyl (C=O) groups is 5. The molecule has 5 amide bonds. The van der Waals surface area contributed by atoms with E-state index in [0.29, 0.717) is 17.0 Å². The van der Waals surface area contributed by atoms with Crippen molar-refractivity contribution in [1.82, 2.24) is 25.2 Å². The van der Waals surface area contributed by atoms with Gasteiger partial charge in [-0.25, -0.2) is 22.7 Å². The zero-order valence-corrected chi connectivity index (χ0v) is 32.7. The SMILES string of the molecule is Cc1ccccc1S(=O)(=O)NC(=O)[C@@]12C[C@H]1/C=C\CCOCC[C@H](NC(=O)OC(C)(C)C)C(=O)N1C[C@H](OC(=O)N3Cc4cccc(Cl)c4C3)C[C@H]1C(=O)N2. The molecule has 1 saturated heterocycles. The van der Waals surface area contributed by atoms with Crippen LogP contribution in [0.4, 0.5) is 9.59 Å². The number of nitrogens with zero attached hydrogens (tertiary/aromatic N) is 2. The van der Waals surface area contributed by atoms with E-state index in [1.807, 2.05) is 6.07 Å². The fraction of sp³-hybridized carbons (Fsp3) is 0.500. The lowest BCUT2D eigenvalue weighted by atomic mass is 10.1. The number of nitrogens with one attached hydrogen (secondary N) is 3. The molecule has 3 aliphatic heterocycles. The van der Waals surface area contributed by atoms with E-state index in [9.17, 15) is 32.4 Å². The number of rotatable bonds is 5. The summed E-state index contributed by atoms with van der Waals surface area (Å²) < 4.78 is 46.0. The molecule has 5 atom stereocenters. The third-order valence-electron chi connectivity index (χ3n) is 10.0. The highest BCUT2D eigenvalue weighted by Crippen LogP contribution is 2.46. The number of benzene rings is 2. The molecule has 2 fully saturated rings. The lowest BCUT2D eigenvalue weighted by molar-refractivity contribution is -0.141. The Morgan fingerprint density at radius 2 is 1.82 bits per heavy atom. The summed E-state index contributed by atoms with van der Waals surface area (Å²) in [7, 11) is -4.33. The van der Waals surface area contributed by atoms with Crippen LogP contribution in [0.3, 0.4) is 0 Å². The Morgan fingerprint density at radius 1 is 1.05 bits per heavy atom. The van der Waals surface area contributed by atoms with Crippen LogP contribution >= 0.6 is 11.6 Å². The Hall–Kier alpha value is -4.67. The van der Waals surface area contributed by atoms with Gasteiger partial charge in [0, 0.05) is 36.9 Å². The molecule has 1 saturated carbocycles. The van der Waals surface area contributed by atoms with E-state index in [2.05, 4.69) is 15.4 Å². The van der Waals surface area contributed by atoms with E-state index in [0.717, 1.165) is 11.1 Å². The van der Waals surface area contributed by atoms with Crippen LogP contribution in [0.25, 0.3) is 0 Å². The summed E-state index contributed by atoms with van der Waals surface area (Å²) in [4.78, 5) is 71.6. The molecule has 0 bridgehead atoms. The quantitative estimate of drug-likeness (QED) is 0.376. The fourth-order valence-electron chi connectivity index (χ4n) is 7.14. The lowest BCUT2D eigenvalue weighted by Crippen LogP contribution is -2.58. The van der Waals surface area contributed by atoms with Gasteiger partial charge < -0.3 is 29.7 Å². The summed E-state index contributed by atoms with van der Waals surface area (Å²) >= 11 is 6.36. The standard InChI is InChI=1S/C38H46ClN5O10S/c1-23-10-5-6-14-31(23)55(50,51)42-34(47)38-19-25(38)12-7-8-16-52-17-15-29(40-35(48)54-37(2,3)4)33(46)44-21-26(18-30(44)32(45)41-38)53-36(49)43-20-24-11-9-13-28(39)27(24)22-43/h5-7,9-14,25-26,29-30H,8,15-22H2,1-4H3,(H,40,48)(H,41,45)(H,42,47)/b12-7-/t25-,26-,29+,30+,38-/m1/s1. The predicted molar refractivity (Wildman–Crippen MR) is 199 cm³/mol. The fourth-order valence-corrected chi connectivity index (χ4v) is 8.68. The second kappa shape index (κ2) is 15.8. The molecule has 0 radical (unpaired) electrons. The summed E-state index contributed by atoms with van der Waals surface area (Å²) in [5, 5.41) is 5.91. The minimum atomic E-state index is -4.33. The summed E-state index contributed by atoms with van der Waals surface area (Å²) in [5.74, 6) is -2.92. The third kappa shape index (κ3) is 9.08. The van der Waals surface area contributed by atoms with E-state index in [1.165, 1.54) is 15.9 Å². The van der Waals surface area contributed by atoms with E-state index >= 15 is 0 Å². The first-order chi connectivity index (χ1) is 26.0. The molecule has 15 nitrogen and oxygen atoms in total. The van der Waals surface area contributed by atoms with Crippen LogP contribution in [-0.4, -0.2) is 97.2 Å². The van der Waals surface area contributed by atoms with Gasteiger partial charge in [0.2, 0.25) is 11.8 Å². The van der Waals surface area contributed by atoms with Crippen LogP contribution in [-0.2, 0) is 51.7 Å². The average molecular weight is 800 g/mol. The molecule has 3 heterocycles. The van der Waals surface area contributed by atoms with Crippen LogP contribution in [0.5, 0.6) is 0 Å². The van der Waals surface area contributed by atoms with Gasteiger partial charge >= 0.3 is 12.2 Å². The Morgan fingerprint density at radius 3 is 2.55 bits per heavy atom. The molecule has 2 aromatic rings. The van der Waals surface area contributed by atoms with Gasteiger partial charge in [0.15, 0.2) is 0 Å². The molecule has 0 unspecified atom stereocenters. The van der Waals surface area contributed by atoms with Gasteiger partial charge in [-0.3, -0.25) is 19.3 Å². The first-order valence-corrected chi connectivity index (χ1v) is 20.0. The number of carbonyl (C=O) groups excluding carboxylic acids is 5. The van der Waals surface area contributed by atoms with Crippen molar-refractivity contribution in [2.75, 3.05) is 19.8 Å². The molecular weight excluding hydrogens is 754 g/mol. The molecule has 6 rings (SSSR count). The normalized spacial score (nSPS) is 26.3. The summed E-state index contributed by atoms with van der Waals surface area (Å²) in [6, 6.07) is 9.12. The smallest absolute Gasteiger partial charge is 0.410 e. The van der Waals surface area contributed by atoms with Crippen LogP contribution in [0.1, 0.15) is 63.1 Å². The number of amides is 5. The van der Waals surface area contributed by atoms with Crippen molar-refractivity contribution in [3.05, 3.63) is 76.3 Å². The van der Waals surface area contributed by atoms with E-state index in [1.54, 1.807) is 70.2 Å². The number of hydrogen-bond acceptors (Lipinski definition) is 10. The first kappa shape index (κ1) is 40.0. The largest absolute Gasteiger partial charge is 0.444 e. The van der Waals surface area contributed by atoms with Crippen LogP contribution < -0.4 is 15.4 Å². The molecule has 1 aliphatic carbocycles. The van der Waals surface area contributed by atoms with Crippen LogP contribution in [0.15, 0.2) is 59.5 Å². The first-order valence-electron chi connectivity index (χ1n) is 18.2. The van der Waals surface area contributed by atoms with Gasteiger partial charge in [0.25, 0.3) is 15.9 Å². The number of hydrogen-bond donors (Lipinski definition) is 3. The Labute approximate surface area is 325 Å².